The van der Waals surface area contributed by atoms with E-state index in [1.165, 1.54) is 34.4 Å². The fourth-order valence-electron chi connectivity index (χ4n) is 1.95. The highest BCUT2D eigenvalue weighted by atomic mass is 35.5. The van der Waals surface area contributed by atoms with Crippen molar-refractivity contribution in [2.45, 2.75) is 11.3 Å². The number of rotatable bonds is 8. The zero-order valence-electron chi connectivity index (χ0n) is 13.2. The van der Waals surface area contributed by atoms with Gasteiger partial charge in [0.25, 0.3) is 0 Å². The summed E-state index contributed by atoms with van der Waals surface area (Å²) in [4.78, 5) is 12.8. The maximum Gasteiger partial charge on any atom is 0.210 e. The predicted molar refractivity (Wildman–Crippen MR) is 105 cm³/mol. The van der Waals surface area contributed by atoms with Crippen molar-refractivity contribution in [1.29, 1.82) is 0 Å². The Balaban J connectivity index is 1.60. The Morgan fingerprint density at radius 3 is 2.84 bits per heavy atom. The largest absolute Gasteiger partial charge is 0.492 e. The number of nitrogens with zero attached hydrogens (tertiary/aromatic N) is 2. The van der Waals surface area contributed by atoms with Crippen LogP contribution in [0.4, 0.5) is 10.8 Å². The number of thiophene rings is 1. The summed E-state index contributed by atoms with van der Waals surface area (Å²) in [7, 11) is 0. The van der Waals surface area contributed by atoms with Crippen LogP contribution in [0.2, 0.25) is 4.34 Å². The third kappa shape index (κ3) is 4.94. The topological polar surface area (TPSA) is 64.1 Å². The lowest BCUT2D eigenvalue weighted by Crippen LogP contribution is -1.98. The van der Waals surface area contributed by atoms with Gasteiger partial charge in [-0.25, -0.2) is 0 Å². The number of anilines is 2. The van der Waals surface area contributed by atoms with Crippen LogP contribution in [-0.2, 0) is 0 Å². The van der Waals surface area contributed by atoms with Crippen LogP contribution in [0.3, 0.4) is 0 Å². The first-order valence-corrected chi connectivity index (χ1v) is 10.4. The zero-order valence-corrected chi connectivity index (χ0v) is 16.4. The third-order valence-corrected chi connectivity index (χ3v) is 6.25. The Hall–Kier alpha value is -1.61. The van der Waals surface area contributed by atoms with Crippen molar-refractivity contribution in [2.75, 3.05) is 17.7 Å². The summed E-state index contributed by atoms with van der Waals surface area (Å²) in [5.74, 6) is 1.11. The molecule has 1 aromatic carbocycles. The summed E-state index contributed by atoms with van der Waals surface area (Å²) in [6, 6.07) is 11.1. The molecule has 0 saturated carbocycles. The Labute approximate surface area is 162 Å². The van der Waals surface area contributed by atoms with E-state index in [0.29, 0.717) is 26.7 Å². The van der Waals surface area contributed by atoms with E-state index in [2.05, 4.69) is 15.5 Å². The van der Waals surface area contributed by atoms with E-state index in [4.69, 9.17) is 16.3 Å². The molecule has 0 fully saturated rings. The number of carbonyl (C=O) groups is 1. The van der Waals surface area contributed by atoms with Crippen molar-refractivity contribution in [1.82, 2.24) is 10.2 Å². The fourth-order valence-corrected chi connectivity index (χ4v) is 4.67. The molecule has 2 aromatic heterocycles. The van der Waals surface area contributed by atoms with Gasteiger partial charge in [0.05, 0.1) is 27.3 Å². The summed E-state index contributed by atoms with van der Waals surface area (Å²) >= 11 is 9.91. The Kier molecular flexibility index (Phi) is 6.30. The van der Waals surface area contributed by atoms with Crippen LogP contribution in [0.25, 0.3) is 0 Å². The molecule has 0 amide bonds. The lowest BCUT2D eigenvalue weighted by molar-refractivity contribution is 0.102. The fraction of sp³-hybridized carbons (Fsp3) is 0.188. The van der Waals surface area contributed by atoms with Crippen LogP contribution in [-0.4, -0.2) is 28.3 Å². The van der Waals surface area contributed by atoms with E-state index in [1.807, 2.05) is 31.2 Å². The van der Waals surface area contributed by atoms with Gasteiger partial charge in [0, 0.05) is 0 Å². The molecule has 0 aliphatic rings. The normalized spacial score (nSPS) is 10.6. The van der Waals surface area contributed by atoms with Gasteiger partial charge in [-0.05, 0) is 31.2 Å². The van der Waals surface area contributed by atoms with Crippen LogP contribution in [0.5, 0.6) is 5.75 Å². The standard InChI is InChI=1S/C16H14ClN3O2S3/c1-2-22-12-6-4-3-5-10(12)18-15-19-20-16(25-15)23-9-11(21)13-7-8-14(17)24-13/h3-8H,2,9H2,1H3,(H,18,19). The first kappa shape index (κ1) is 18.2. The molecule has 0 aliphatic heterocycles. The molecule has 0 bridgehead atoms. The molecule has 1 N–H and O–H groups in total. The van der Waals surface area contributed by atoms with Crippen LogP contribution in [0.15, 0.2) is 40.7 Å². The third-order valence-electron chi connectivity index (χ3n) is 3.01. The van der Waals surface area contributed by atoms with Crippen molar-refractivity contribution in [3.8, 4) is 5.75 Å². The van der Waals surface area contributed by atoms with Gasteiger partial charge in [-0.1, -0.05) is 46.8 Å². The lowest BCUT2D eigenvalue weighted by Gasteiger charge is -2.09. The van der Waals surface area contributed by atoms with Crippen molar-refractivity contribution in [3.05, 3.63) is 45.6 Å². The summed E-state index contributed by atoms with van der Waals surface area (Å²) in [5, 5.41) is 12.1. The monoisotopic (exact) mass is 411 g/mol. The number of hydrogen-bond acceptors (Lipinski definition) is 8. The average molecular weight is 412 g/mol. The summed E-state index contributed by atoms with van der Waals surface area (Å²) in [6.45, 7) is 2.53. The SMILES string of the molecule is CCOc1ccccc1Nc1nnc(SCC(=O)c2ccc(Cl)s2)s1. The first-order valence-electron chi connectivity index (χ1n) is 7.39. The Morgan fingerprint density at radius 1 is 1.24 bits per heavy atom. The Bertz CT molecular complexity index is 866. The smallest absolute Gasteiger partial charge is 0.210 e. The molecule has 9 heteroatoms. The van der Waals surface area contributed by atoms with Gasteiger partial charge in [-0.3, -0.25) is 4.79 Å². The number of aromatic nitrogens is 2. The average Bonchev–Trinajstić information content (AvgIpc) is 3.24. The van der Waals surface area contributed by atoms with Crippen molar-refractivity contribution in [2.24, 2.45) is 0 Å². The van der Waals surface area contributed by atoms with Crippen molar-refractivity contribution in [3.63, 3.8) is 0 Å². The molecule has 0 saturated heterocycles. The molecule has 0 unspecified atom stereocenters. The molecule has 2 heterocycles. The van der Waals surface area contributed by atoms with Crippen LogP contribution < -0.4 is 10.1 Å². The maximum absolute atomic E-state index is 12.1. The molecular weight excluding hydrogens is 398 g/mol. The van der Waals surface area contributed by atoms with E-state index in [9.17, 15) is 4.79 Å². The molecule has 130 valence electrons. The second-order valence-corrected chi connectivity index (χ2v) is 8.66. The molecule has 5 nitrogen and oxygen atoms in total. The number of hydrogen-bond donors (Lipinski definition) is 1. The number of nitrogens with one attached hydrogen (secondary N) is 1. The highest BCUT2D eigenvalue weighted by molar-refractivity contribution is 8.01. The van der Waals surface area contributed by atoms with Crippen LogP contribution in [0, 0.1) is 0 Å². The highest BCUT2D eigenvalue weighted by Gasteiger charge is 2.13. The maximum atomic E-state index is 12.1. The van der Waals surface area contributed by atoms with E-state index in [0.717, 1.165) is 15.8 Å². The van der Waals surface area contributed by atoms with E-state index >= 15 is 0 Å². The number of Topliss-reactive ketones (excluding diaryl/α,β-unsaturated/α-hetero) is 1. The van der Waals surface area contributed by atoms with Gasteiger partial charge in [0.1, 0.15) is 5.75 Å². The van der Waals surface area contributed by atoms with Gasteiger partial charge in [0.15, 0.2) is 10.1 Å². The Morgan fingerprint density at radius 2 is 2.08 bits per heavy atom. The molecular formula is C16H14ClN3O2S3. The number of ether oxygens (including phenoxy) is 1. The molecule has 3 rings (SSSR count). The second-order valence-electron chi connectivity index (χ2n) is 4.74. The first-order chi connectivity index (χ1) is 12.2. The molecule has 0 aliphatic carbocycles. The van der Waals surface area contributed by atoms with Gasteiger partial charge in [0.2, 0.25) is 5.13 Å². The second kappa shape index (κ2) is 8.66. The molecule has 0 radical (unpaired) electrons. The lowest BCUT2D eigenvalue weighted by atomic mass is 10.3. The van der Waals surface area contributed by atoms with Crippen LogP contribution in [0.1, 0.15) is 16.6 Å². The predicted octanol–water partition coefficient (Wildman–Crippen LogP) is 5.37. The van der Waals surface area contributed by atoms with E-state index in [-0.39, 0.29) is 5.78 Å². The van der Waals surface area contributed by atoms with Gasteiger partial charge < -0.3 is 10.1 Å². The zero-order chi connectivity index (χ0) is 17.6. The minimum Gasteiger partial charge on any atom is -0.492 e. The molecule has 3 aromatic rings. The van der Waals surface area contributed by atoms with Gasteiger partial charge >= 0.3 is 0 Å². The summed E-state index contributed by atoms with van der Waals surface area (Å²) < 4.78 is 6.92. The molecule has 0 atom stereocenters. The van der Waals surface area contributed by atoms with E-state index in [1.54, 1.807) is 12.1 Å². The number of thioether (sulfide) groups is 1. The summed E-state index contributed by atoms with van der Waals surface area (Å²) in [6.07, 6.45) is 0. The van der Waals surface area contributed by atoms with Gasteiger partial charge in [-0.15, -0.1) is 21.5 Å². The summed E-state index contributed by atoms with van der Waals surface area (Å²) in [5.41, 5.74) is 0.835. The number of ketones is 1. The highest BCUT2D eigenvalue weighted by Crippen LogP contribution is 2.32. The van der Waals surface area contributed by atoms with Gasteiger partial charge in [-0.2, -0.15) is 0 Å². The van der Waals surface area contributed by atoms with E-state index < -0.39 is 0 Å². The van der Waals surface area contributed by atoms with Crippen molar-refractivity contribution >= 4 is 62.6 Å². The number of carbonyl (C=O) groups excluding carboxylic acids is 1. The molecule has 0 spiro atoms. The quantitative estimate of drug-likeness (QED) is 0.397. The minimum atomic E-state index is 0.0355. The van der Waals surface area contributed by atoms with Crippen molar-refractivity contribution < 1.29 is 9.53 Å². The van der Waals surface area contributed by atoms with Crippen LogP contribution >= 0.6 is 46.0 Å². The minimum absolute atomic E-state index is 0.0355. The number of para-hydroxylation sites is 2. The number of benzene rings is 1. The number of halogens is 1. The molecule has 25 heavy (non-hydrogen) atoms.